The maximum absolute atomic E-state index is 10.5. The zero-order valence-corrected chi connectivity index (χ0v) is 11.7. The highest BCUT2D eigenvalue weighted by atomic mass is 16.6. The highest BCUT2D eigenvalue weighted by Gasteiger charge is 2.03. The van der Waals surface area contributed by atoms with Gasteiger partial charge < -0.3 is 10.1 Å². The average Bonchev–Trinajstić information content (AvgIpc) is 2.52. The molecule has 0 radical (unpaired) electrons. The van der Waals surface area contributed by atoms with Gasteiger partial charge in [0.25, 0.3) is 5.69 Å². The molecule has 0 saturated carbocycles. The molecule has 21 heavy (non-hydrogen) atoms. The van der Waals surface area contributed by atoms with Crippen LogP contribution in [0.2, 0.25) is 0 Å². The minimum absolute atomic E-state index is 0.100. The van der Waals surface area contributed by atoms with Crippen molar-refractivity contribution < 1.29 is 9.66 Å². The maximum Gasteiger partial charge on any atom is 0.269 e. The van der Waals surface area contributed by atoms with Crippen LogP contribution in [0.15, 0.2) is 54.6 Å². The van der Waals surface area contributed by atoms with E-state index >= 15 is 0 Å². The molecule has 0 heterocycles. The van der Waals surface area contributed by atoms with Gasteiger partial charge in [-0.1, -0.05) is 30.3 Å². The SMILES string of the molecule is O=[N+]([O-])c1ccc(COCCNCc2ccccc2)cc1. The smallest absolute Gasteiger partial charge is 0.269 e. The third kappa shape index (κ3) is 5.33. The molecule has 110 valence electrons. The van der Waals surface area contributed by atoms with E-state index in [2.05, 4.69) is 17.4 Å². The molecular formula is C16H18N2O3. The summed E-state index contributed by atoms with van der Waals surface area (Å²) in [5.74, 6) is 0. The largest absolute Gasteiger partial charge is 0.375 e. The van der Waals surface area contributed by atoms with Crippen LogP contribution in [0.3, 0.4) is 0 Å². The van der Waals surface area contributed by atoms with Gasteiger partial charge in [-0.3, -0.25) is 10.1 Å². The summed E-state index contributed by atoms with van der Waals surface area (Å²) in [6.45, 7) is 2.65. The molecule has 0 aliphatic carbocycles. The van der Waals surface area contributed by atoms with E-state index in [9.17, 15) is 10.1 Å². The molecule has 2 rings (SSSR count). The van der Waals surface area contributed by atoms with E-state index < -0.39 is 4.92 Å². The lowest BCUT2D eigenvalue weighted by atomic mass is 10.2. The number of nitro groups is 1. The van der Waals surface area contributed by atoms with Crippen molar-refractivity contribution in [2.75, 3.05) is 13.2 Å². The molecule has 0 bridgehead atoms. The van der Waals surface area contributed by atoms with Crippen molar-refractivity contribution >= 4 is 5.69 Å². The second kappa shape index (κ2) is 8.14. The molecule has 5 nitrogen and oxygen atoms in total. The second-order valence-corrected chi connectivity index (χ2v) is 4.64. The fraction of sp³-hybridized carbons (Fsp3) is 0.250. The van der Waals surface area contributed by atoms with Gasteiger partial charge in [0.1, 0.15) is 0 Å². The Morgan fingerprint density at radius 1 is 1.00 bits per heavy atom. The van der Waals surface area contributed by atoms with E-state index in [1.165, 1.54) is 17.7 Å². The number of hydrogen-bond donors (Lipinski definition) is 1. The molecule has 0 amide bonds. The Morgan fingerprint density at radius 3 is 2.38 bits per heavy atom. The van der Waals surface area contributed by atoms with Crippen LogP contribution in [-0.4, -0.2) is 18.1 Å². The van der Waals surface area contributed by atoms with Crippen molar-refractivity contribution in [3.8, 4) is 0 Å². The van der Waals surface area contributed by atoms with E-state index in [1.807, 2.05) is 18.2 Å². The Hall–Kier alpha value is -2.24. The van der Waals surface area contributed by atoms with E-state index in [-0.39, 0.29) is 5.69 Å². The van der Waals surface area contributed by atoms with E-state index in [1.54, 1.807) is 12.1 Å². The first-order valence-corrected chi connectivity index (χ1v) is 6.81. The molecule has 0 fully saturated rings. The van der Waals surface area contributed by atoms with Crippen LogP contribution >= 0.6 is 0 Å². The molecule has 0 saturated heterocycles. The molecule has 2 aromatic carbocycles. The lowest BCUT2D eigenvalue weighted by Crippen LogP contribution is -2.19. The molecule has 0 spiro atoms. The van der Waals surface area contributed by atoms with Crippen molar-refractivity contribution in [1.29, 1.82) is 0 Å². The average molecular weight is 286 g/mol. The summed E-state index contributed by atoms with van der Waals surface area (Å²) in [5.41, 5.74) is 2.28. The van der Waals surface area contributed by atoms with Crippen LogP contribution in [0.5, 0.6) is 0 Å². The van der Waals surface area contributed by atoms with Gasteiger partial charge in [-0.25, -0.2) is 0 Å². The summed E-state index contributed by atoms with van der Waals surface area (Å²) in [5, 5.41) is 13.8. The summed E-state index contributed by atoms with van der Waals surface area (Å²) in [6.07, 6.45) is 0. The van der Waals surface area contributed by atoms with Gasteiger partial charge in [-0.05, 0) is 23.3 Å². The summed E-state index contributed by atoms with van der Waals surface area (Å²) in [6, 6.07) is 16.6. The molecule has 0 aromatic heterocycles. The number of benzene rings is 2. The third-order valence-electron chi connectivity index (χ3n) is 3.01. The number of rotatable bonds is 8. The Bertz CT molecular complexity index is 555. The first kappa shape index (κ1) is 15.2. The van der Waals surface area contributed by atoms with Gasteiger partial charge in [-0.15, -0.1) is 0 Å². The monoisotopic (exact) mass is 286 g/mol. The summed E-state index contributed by atoms with van der Waals surface area (Å²) in [7, 11) is 0. The van der Waals surface area contributed by atoms with Crippen molar-refractivity contribution in [3.05, 3.63) is 75.8 Å². The molecule has 5 heteroatoms. The highest BCUT2D eigenvalue weighted by Crippen LogP contribution is 2.12. The number of ether oxygens (including phenoxy) is 1. The molecule has 0 atom stereocenters. The number of non-ortho nitro benzene ring substituents is 1. The molecule has 2 aromatic rings. The van der Waals surface area contributed by atoms with Crippen LogP contribution in [0, 0.1) is 10.1 Å². The van der Waals surface area contributed by atoms with Crippen LogP contribution in [0.4, 0.5) is 5.69 Å². The van der Waals surface area contributed by atoms with Gasteiger partial charge in [-0.2, -0.15) is 0 Å². The predicted molar refractivity (Wildman–Crippen MR) is 80.9 cm³/mol. The first-order chi connectivity index (χ1) is 10.3. The Kier molecular flexibility index (Phi) is 5.87. The molecule has 0 aliphatic heterocycles. The molecular weight excluding hydrogens is 268 g/mol. The Labute approximate surface area is 123 Å². The number of hydrogen-bond acceptors (Lipinski definition) is 4. The molecule has 1 N–H and O–H groups in total. The number of nitrogens with one attached hydrogen (secondary N) is 1. The zero-order valence-electron chi connectivity index (χ0n) is 11.7. The van der Waals surface area contributed by atoms with Gasteiger partial charge in [0.2, 0.25) is 0 Å². The van der Waals surface area contributed by atoms with Gasteiger partial charge in [0.05, 0.1) is 18.1 Å². The quantitative estimate of drug-likeness (QED) is 0.460. The third-order valence-corrected chi connectivity index (χ3v) is 3.01. The maximum atomic E-state index is 10.5. The topological polar surface area (TPSA) is 64.4 Å². The minimum Gasteiger partial charge on any atom is -0.375 e. The highest BCUT2D eigenvalue weighted by molar-refractivity contribution is 5.32. The fourth-order valence-corrected chi connectivity index (χ4v) is 1.88. The van der Waals surface area contributed by atoms with Crippen molar-refractivity contribution in [2.24, 2.45) is 0 Å². The van der Waals surface area contributed by atoms with Crippen LogP contribution in [-0.2, 0) is 17.9 Å². The Balaban J connectivity index is 1.60. The van der Waals surface area contributed by atoms with E-state index in [4.69, 9.17) is 4.74 Å². The summed E-state index contributed by atoms with van der Waals surface area (Å²) in [4.78, 5) is 10.1. The first-order valence-electron chi connectivity index (χ1n) is 6.81. The minimum atomic E-state index is -0.405. The standard InChI is InChI=1S/C16H18N2O3/c19-18(20)16-8-6-15(7-9-16)13-21-11-10-17-12-14-4-2-1-3-5-14/h1-9,17H,10-13H2. The lowest BCUT2D eigenvalue weighted by molar-refractivity contribution is -0.384. The van der Waals surface area contributed by atoms with Crippen molar-refractivity contribution in [3.63, 3.8) is 0 Å². The molecule has 0 unspecified atom stereocenters. The van der Waals surface area contributed by atoms with Crippen LogP contribution in [0.1, 0.15) is 11.1 Å². The fourth-order valence-electron chi connectivity index (χ4n) is 1.88. The summed E-state index contributed by atoms with van der Waals surface area (Å²) >= 11 is 0. The summed E-state index contributed by atoms with van der Waals surface area (Å²) < 4.78 is 5.53. The molecule has 0 aliphatic rings. The number of nitrogens with zero attached hydrogens (tertiary/aromatic N) is 1. The van der Waals surface area contributed by atoms with Gasteiger partial charge >= 0.3 is 0 Å². The predicted octanol–water partition coefficient (Wildman–Crippen LogP) is 2.90. The van der Waals surface area contributed by atoms with Gasteiger partial charge in [0.15, 0.2) is 0 Å². The van der Waals surface area contributed by atoms with Crippen LogP contribution in [0.25, 0.3) is 0 Å². The zero-order chi connectivity index (χ0) is 14.9. The Morgan fingerprint density at radius 2 is 1.71 bits per heavy atom. The lowest BCUT2D eigenvalue weighted by Gasteiger charge is -2.06. The second-order valence-electron chi connectivity index (χ2n) is 4.64. The number of nitro benzene ring substituents is 1. The normalized spacial score (nSPS) is 10.5. The van der Waals surface area contributed by atoms with Crippen molar-refractivity contribution in [2.45, 2.75) is 13.2 Å². The van der Waals surface area contributed by atoms with E-state index in [0.29, 0.717) is 13.2 Å². The van der Waals surface area contributed by atoms with Crippen LogP contribution < -0.4 is 5.32 Å². The van der Waals surface area contributed by atoms with E-state index in [0.717, 1.165) is 18.7 Å². The van der Waals surface area contributed by atoms with Crippen molar-refractivity contribution in [1.82, 2.24) is 5.32 Å². The van der Waals surface area contributed by atoms with Gasteiger partial charge in [0, 0.05) is 25.2 Å².